The molecule has 0 aliphatic carbocycles. The molecule has 0 spiro atoms. The Kier molecular flexibility index (Phi) is 5.95. The standard InChI is InChI=1S/C20H16IN7O/c21-17-12-11-16(29-17)13-22-28-20-26-18(23-14-7-3-1-4-8-14)25-19(27-20)24-15-9-5-2-6-10-15/h1-13H,(H3,23,24,25,26,27,28). The van der Waals surface area contributed by atoms with E-state index in [9.17, 15) is 0 Å². The normalized spacial score (nSPS) is 10.8. The lowest BCUT2D eigenvalue weighted by atomic mass is 10.3. The second-order valence-electron chi connectivity index (χ2n) is 5.80. The Bertz CT molecular complexity index is 1040. The van der Waals surface area contributed by atoms with Crippen LogP contribution in [0.15, 0.2) is 82.3 Å². The van der Waals surface area contributed by atoms with Crippen LogP contribution in [0.5, 0.6) is 0 Å². The van der Waals surface area contributed by atoms with Crippen molar-refractivity contribution in [3.8, 4) is 0 Å². The monoisotopic (exact) mass is 497 g/mol. The SMILES string of the molecule is Ic1ccc(C=NNc2nc(Nc3ccccc3)nc(Nc3ccccc3)n2)o1. The van der Waals surface area contributed by atoms with E-state index in [0.717, 1.165) is 15.1 Å². The zero-order valence-electron chi connectivity index (χ0n) is 15.1. The zero-order valence-corrected chi connectivity index (χ0v) is 17.2. The number of anilines is 5. The van der Waals surface area contributed by atoms with E-state index in [1.165, 1.54) is 0 Å². The van der Waals surface area contributed by atoms with Gasteiger partial charge in [-0.25, -0.2) is 5.43 Å². The highest BCUT2D eigenvalue weighted by Crippen LogP contribution is 2.18. The maximum atomic E-state index is 5.45. The minimum atomic E-state index is 0.286. The van der Waals surface area contributed by atoms with Crippen LogP contribution in [-0.4, -0.2) is 21.2 Å². The fourth-order valence-electron chi connectivity index (χ4n) is 2.39. The van der Waals surface area contributed by atoms with Gasteiger partial charge in [-0.2, -0.15) is 20.1 Å². The number of rotatable bonds is 7. The molecular weight excluding hydrogens is 481 g/mol. The van der Waals surface area contributed by atoms with Crippen molar-refractivity contribution < 1.29 is 4.42 Å². The first-order valence-electron chi connectivity index (χ1n) is 8.69. The topological polar surface area (TPSA) is 100 Å². The molecule has 8 nitrogen and oxygen atoms in total. The largest absolute Gasteiger partial charge is 0.449 e. The number of halogens is 1. The summed E-state index contributed by atoms with van der Waals surface area (Å²) in [5, 5.41) is 10.5. The molecule has 0 radical (unpaired) electrons. The smallest absolute Gasteiger partial charge is 0.250 e. The third kappa shape index (κ3) is 5.51. The molecule has 9 heteroatoms. The molecule has 0 fully saturated rings. The van der Waals surface area contributed by atoms with E-state index >= 15 is 0 Å². The van der Waals surface area contributed by atoms with Crippen molar-refractivity contribution in [2.45, 2.75) is 0 Å². The molecule has 29 heavy (non-hydrogen) atoms. The van der Waals surface area contributed by atoms with Crippen molar-refractivity contribution >= 4 is 58.0 Å². The minimum Gasteiger partial charge on any atom is -0.449 e. The molecule has 0 bridgehead atoms. The quantitative estimate of drug-likeness (QED) is 0.188. The van der Waals surface area contributed by atoms with Gasteiger partial charge in [0.25, 0.3) is 0 Å². The van der Waals surface area contributed by atoms with E-state index in [1.54, 1.807) is 6.21 Å². The third-order valence-electron chi connectivity index (χ3n) is 3.65. The van der Waals surface area contributed by atoms with Gasteiger partial charge in [0.05, 0.1) is 6.21 Å². The van der Waals surface area contributed by atoms with Gasteiger partial charge in [-0.05, 0) is 59.0 Å². The van der Waals surface area contributed by atoms with Crippen molar-refractivity contribution in [1.82, 2.24) is 15.0 Å². The van der Waals surface area contributed by atoms with Crippen LogP contribution in [-0.2, 0) is 0 Å². The Hall–Kier alpha value is -3.47. The summed E-state index contributed by atoms with van der Waals surface area (Å²) in [6.07, 6.45) is 1.56. The predicted molar refractivity (Wildman–Crippen MR) is 122 cm³/mol. The molecule has 0 amide bonds. The van der Waals surface area contributed by atoms with Crippen LogP contribution in [0, 0.1) is 3.77 Å². The maximum absolute atomic E-state index is 5.45. The fourth-order valence-corrected chi connectivity index (χ4v) is 2.82. The number of para-hydroxylation sites is 2. The lowest BCUT2D eigenvalue weighted by Crippen LogP contribution is -2.07. The molecule has 2 aromatic carbocycles. The van der Waals surface area contributed by atoms with Crippen molar-refractivity contribution in [1.29, 1.82) is 0 Å². The first kappa shape index (κ1) is 18.9. The van der Waals surface area contributed by atoms with E-state index in [1.807, 2.05) is 72.8 Å². The summed E-state index contributed by atoms with van der Waals surface area (Å²) < 4.78 is 6.23. The van der Waals surface area contributed by atoms with Crippen LogP contribution in [0.4, 0.5) is 29.2 Å². The van der Waals surface area contributed by atoms with Crippen molar-refractivity contribution in [2.24, 2.45) is 5.10 Å². The summed E-state index contributed by atoms with van der Waals surface area (Å²) in [4.78, 5) is 13.2. The van der Waals surface area contributed by atoms with E-state index in [4.69, 9.17) is 4.42 Å². The van der Waals surface area contributed by atoms with Crippen LogP contribution < -0.4 is 16.1 Å². The highest BCUT2D eigenvalue weighted by atomic mass is 127. The van der Waals surface area contributed by atoms with Gasteiger partial charge in [0.1, 0.15) is 5.76 Å². The molecule has 0 atom stereocenters. The first-order chi connectivity index (χ1) is 14.2. The molecule has 0 aliphatic heterocycles. The number of furan rings is 1. The molecule has 144 valence electrons. The van der Waals surface area contributed by atoms with Crippen LogP contribution >= 0.6 is 22.6 Å². The average molecular weight is 497 g/mol. The van der Waals surface area contributed by atoms with Gasteiger partial charge in [0, 0.05) is 11.4 Å². The summed E-state index contributed by atoms with van der Waals surface area (Å²) in [5.41, 5.74) is 4.55. The molecule has 3 N–H and O–H groups in total. The summed E-state index contributed by atoms with van der Waals surface area (Å²) in [5.74, 6) is 1.68. The highest BCUT2D eigenvalue weighted by Gasteiger charge is 2.07. The summed E-state index contributed by atoms with van der Waals surface area (Å²) in [7, 11) is 0. The van der Waals surface area contributed by atoms with Gasteiger partial charge >= 0.3 is 0 Å². The summed E-state index contributed by atoms with van der Waals surface area (Å²) in [6, 6.07) is 23.0. The van der Waals surface area contributed by atoms with E-state index in [0.29, 0.717) is 17.7 Å². The van der Waals surface area contributed by atoms with Gasteiger partial charge in [0.15, 0.2) is 3.77 Å². The zero-order chi connectivity index (χ0) is 19.9. The van der Waals surface area contributed by atoms with Crippen molar-refractivity contribution in [3.05, 3.63) is 82.3 Å². The Morgan fingerprint density at radius 2 is 1.28 bits per heavy atom. The maximum Gasteiger partial charge on any atom is 0.250 e. The molecule has 0 aliphatic rings. The summed E-state index contributed by atoms with van der Waals surface area (Å²) >= 11 is 2.10. The number of hydrazone groups is 1. The second-order valence-corrected chi connectivity index (χ2v) is 6.86. The Morgan fingerprint density at radius 3 is 1.79 bits per heavy atom. The number of nitrogens with zero attached hydrogens (tertiary/aromatic N) is 4. The van der Waals surface area contributed by atoms with Gasteiger partial charge < -0.3 is 15.1 Å². The number of aromatic nitrogens is 3. The van der Waals surface area contributed by atoms with Gasteiger partial charge in [-0.3, -0.25) is 0 Å². The fraction of sp³-hybridized carbons (Fsp3) is 0. The summed E-state index contributed by atoms with van der Waals surface area (Å²) in [6.45, 7) is 0. The number of hydrogen-bond donors (Lipinski definition) is 3. The Labute approximate surface area is 180 Å². The molecule has 4 rings (SSSR count). The molecule has 0 saturated heterocycles. The lowest BCUT2D eigenvalue weighted by molar-refractivity contribution is 0.531. The number of benzene rings is 2. The molecule has 0 unspecified atom stereocenters. The lowest BCUT2D eigenvalue weighted by Gasteiger charge is -2.10. The van der Waals surface area contributed by atoms with Crippen LogP contribution in [0.2, 0.25) is 0 Å². The van der Waals surface area contributed by atoms with Gasteiger partial charge in [0.2, 0.25) is 17.8 Å². The van der Waals surface area contributed by atoms with Gasteiger partial charge in [-0.1, -0.05) is 36.4 Å². The molecule has 2 aromatic heterocycles. The molecule has 4 aromatic rings. The van der Waals surface area contributed by atoms with E-state index < -0.39 is 0 Å². The van der Waals surface area contributed by atoms with Gasteiger partial charge in [-0.15, -0.1) is 0 Å². The number of nitrogens with one attached hydrogen (secondary N) is 3. The highest BCUT2D eigenvalue weighted by molar-refractivity contribution is 14.1. The molecular formula is C20H16IN7O. The van der Waals surface area contributed by atoms with Crippen LogP contribution in [0.25, 0.3) is 0 Å². The van der Waals surface area contributed by atoms with E-state index in [2.05, 4.69) is 58.7 Å². The minimum absolute atomic E-state index is 0.286. The predicted octanol–water partition coefficient (Wildman–Crippen LogP) is 5.00. The molecule has 2 heterocycles. The van der Waals surface area contributed by atoms with E-state index in [-0.39, 0.29) is 5.95 Å². The van der Waals surface area contributed by atoms with Crippen LogP contribution in [0.3, 0.4) is 0 Å². The second kappa shape index (κ2) is 9.15. The Morgan fingerprint density at radius 1 is 0.724 bits per heavy atom. The first-order valence-corrected chi connectivity index (χ1v) is 9.77. The molecule has 0 saturated carbocycles. The average Bonchev–Trinajstić information content (AvgIpc) is 3.14. The van der Waals surface area contributed by atoms with Crippen LogP contribution in [0.1, 0.15) is 5.76 Å². The van der Waals surface area contributed by atoms with Crippen molar-refractivity contribution in [3.63, 3.8) is 0 Å². The Balaban J connectivity index is 1.57. The third-order valence-corrected chi connectivity index (χ3v) is 4.23. The number of hydrogen-bond acceptors (Lipinski definition) is 8. The van der Waals surface area contributed by atoms with Crippen molar-refractivity contribution in [2.75, 3.05) is 16.1 Å².